The van der Waals surface area contributed by atoms with Crippen molar-refractivity contribution in [2.75, 3.05) is 0 Å². The fourth-order valence-corrected chi connectivity index (χ4v) is 3.18. The molecule has 3 rings (SSSR count). The Balaban J connectivity index is 0.00000208. The minimum absolute atomic E-state index is 0. The van der Waals surface area contributed by atoms with Gasteiger partial charge in [0.2, 0.25) is 0 Å². The van der Waals surface area contributed by atoms with Crippen LogP contribution < -0.4 is 4.80 Å². The van der Waals surface area contributed by atoms with Crippen LogP contribution in [-0.4, -0.2) is 10.4 Å². The summed E-state index contributed by atoms with van der Waals surface area (Å²) in [4.78, 5) is 18.0. The van der Waals surface area contributed by atoms with Gasteiger partial charge in [-0.05, 0) is 26.0 Å². The number of benzene rings is 2. The Morgan fingerprint density at radius 1 is 1.04 bits per heavy atom. The van der Waals surface area contributed by atoms with E-state index >= 15 is 0 Å². The summed E-state index contributed by atoms with van der Waals surface area (Å²) in [5.74, 6) is 0.0982. The molecule has 5 heteroatoms. The minimum atomic E-state index is 0. The van der Waals surface area contributed by atoms with Gasteiger partial charge < -0.3 is 4.57 Å². The maximum atomic E-state index is 12.5. The molecule has 0 saturated heterocycles. The molecule has 3 aromatic rings. The topological polar surface area (TPSA) is 34.4 Å². The average molecular weight is 403 g/mol. The summed E-state index contributed by atoms with van der Waals surface area (Å²) in [6.07, 6.45) is 0. The van der Waals surface area contributed by atoms with Crippen LogP contribution in [0, 0.1) is 13.8 Å². The molecule has 0 aliphatic carbocycles. The first kappa shape index (κ1) is 18.4. The van der Waals surface area contributed by atoms with Crippen LogP contribution in [0.5, 0.6) is 0 Å². The molecule has 0 radical (unpaired) electrons. The number of para-hydroxylation sites is 1. The van der Waals surface area contributed by atoms with E-state index in [1.807, 2.05) is 78.4 Å². The fraction of sp³-hybridized carbons (Fsp3) is 0.158. The van der Waals surface area contributed by atoms with Crippen molar-refractivity contribution in [2.45, 2.75) is 20.4 Å². The van der Waals surface area contributed by atoms with E-state index in [0.29, 0.717) is 6.54 Å². The second-order valence-corrected chi connectivity index (χ2v) is 6.32. The maximum absolute atomic E-state index is 12.5. The molecule has 0 aliphatic rings. The first-order chi connectivity index (χ1) is 11.1. The van der Waals surface area contributed by atoms with Gasteiger partial charge in [0.15, 0.2) is 10.6 Å². The number of ketones is 1. The number of carbonyl (C=O) groups excluding carboxylic acids is 1. The van der Waals surface area contributed by atoms with Gasteiger partial charge in [-0.3, -0.25) is 4.79 Å². The lowest BCUT2D eigenvalue weighted by Crippen LogP contribution is -2.21. The van der Waals surface area contributed by atoms with E-state index in [2.05, 4.69) is 4.99 Å². The summed E-state index contributed by atoms with van der Waals surface area (Å²) >= 11 is 1.55. The minimum Gasteiger partial charge on any atom is -0.313 e. The quantitative estimate of drug-likeness (QED) is 0.573. The predicted octanol–water partition coefficient (Wildman–Crippen LogP) is 4.86. The van der Waals surface area contributed by atoms with Crippen molar-refractivity contribution in [2.24, 2.45) is 4.99 Å². The molecule has 0 atom stereocenters. The van der Waals surface area contributed by atoms with E-state index in [1.54, 1.807) is 11.3 Å². The van der Waals surface area contributed by atoms with Gasteiger partial charge in [0.25, 0.3) is 0 Å². The Hall–Kier alpha value is -1.98. The van der Waals surface area contributed by atoms with Crippen molar-refractivity contribution in [1.29, 1.82) is 0 Å². The standard InChI is InChI=1S/C19H18N2OS.BrH/c1-14-8-10-16(11-9-14)18(22)12-21-15(2)13-23-19(21)20-17-6-4-3-5-7-17;/h3-11,13H,12H2,1-2H3;1H. The van der Waals surface area contributed by atoms with Gasteiger partial charge in [0.05, 0.1) is 12.2 Å². The van der Waals surface area contributed by atoms with Crippen LogP contribution in [0.2, 0.25) is 0 Å². The van der Waals surface area contributed by atoms with E-state index in [9.17, 15) is 4.79 Å². The zero-order valence-electron chi connectivity index (χ0n) is 13.6. The van der Waals surface area contributed by atoms with Crippen LogP contribution in [0.3, 0.4) is 0 Å². The summed E-state index contributed by atoms with van der Waals surface area (Å²) in [5.41, 5.74) is 3.83. The van der Waals surface area contributed by atoms with Gasteiger partial charge in [-0.2, -0.15) is 0 Å². The van der Waals surface area contributed by atoms with Crippen LogP contribution in [0.4, 0.5) is 5.69 Å². The third-order valence-corrected chi connectivity index (χ3v) is 4.63. The Morgan fingerprint density at radius 3 is 2.38 bits per heavy atom. The number of aryl methyl sites for hydroxylation is 2. The highest BCUT2D eigenvalue weighted by Gasteiger charge is 2.10. The second-order valence-electron chi connectivity index (χ2n) is 5.48. The molecule has 0 saturated carbocycles. The molecule has 124 valence electrons. The molecule has 0 amide bonds. The summed E-state index contributed by atoms with van der Waals surface area (Å²) in [7, 11) is 0. The largest absolute Gasteiger partial charge is 0.313 e. The predicted molar refractivity (Wildman–Crippen MR) is 105 cm³/mol. The smallest absolute Gasteiger partial charge is 0.190 e. The van der Waals surface area contributed by atoms with Crippen LogP contribution in [0.1, 0.15) is 21.6 Å². The maximum Gasteiger partial charge on any atom is 0.190 e. The molecular formula is C19H19BrN2OS. The van der Waals surface area contributed by atoms with Gasteiger partial charge in [0, 0.05) is 16.6 Å². The van der Waals surface area contributed by atoms with E-state index in [-0.39, 0.29) is 22.8 Å². The number of carbonyl (C=O) groups is 1. The monoisotopic (exact) mass is 402 g/mol. The average Bonchev–Trinajstić information content (AvgIpc) is 2.89. The second kappa shape index (κ2) is 8.22. The van der Waals surface area contributed by atoms with Crippen LogP contribution in [0.15, 0.2) is 65.0 Å². The van der Waals surface area contributed by atoms with Crippen molar-refractivity contribution in [3.63, 3.8) is 0 Å². The highest BCUT2D eigenvalue weighted by Crippen LogP contribution is 2.11. The Bertz CT molecular complexity index is 880. The van der Waals surface area contributed by atoms with Gasteiger partial charge in [-0.1, -0.05) is 48.0 Å². The first-order valence-electron chi connectivity index (χ1n) is 7.48. The third-order valence-electron chi connectivity index (χ3n) is 3.65. The highest BCUT2D eigenvalue weighted by molar-refractivity contribution is 8.93. The van der Waals surface area contributed by atoms with Crippen molar-refractivity contribution >= 4 is 39.8 Å². The number of hydrogen-bond donors (Lipinski definition) is 0. The zero-order chi connectivity index (χ0) is 16.2. The van der Waals surface area contributed by atoms with Crippen molar-refractivity contribution < 1.29 is 4.79 Å². The van der Waals surface area contributed by atoms with Gasteiger partial charge in [-0.25, -0.2) is 4.99 Å². The molecule has 0 bridgehead atoms. The van der Waals surface area contributed by atoms with Crippen molar-refractivity contribution in [3.8, 4) is 0 Å². The van der Waals surface area contributed by atoms with E-state index in [1.165, 1.54) is 0 Å². The number of Topliss-reactive ketones (excluding diaryl/α,β-unsaturated/α-hetero) is 1. The summed E-state index contributed by atoms with van der Waals surface area (Å²) in [5, 5.41) is 2.03. The number of rotatable bonds is 4. The lowest BCUT2D eigenvalue weighted by molar-refractivity contribution is 0.0970. The molecular weight excluding hydrogens is 384 g/mol. The molecule has 24 heavy (non-hydrogen) atoms. The first-order valence-corrected chi connectivity index (χ1v) is 8.36. The summed E-state index contributed by atoms with van der Waals surface area (Å²) in [6, 6.07) is 17.5. The number of hydrogen-bond acceptors (Lipinski definition) is 3. The van der Waals surface area contributed by atoms with Crippen LogP contribution in [-0.2, 0) is 6.54 Å². The number of halogens is 1. The Kier molecular flexibility index (Phi) is 6.29. The van der Waals surface area contributed by atoms with Gasteiger partial charge >= 0.3 is 0 Å². The third kappa shape index (κ3) is 4.30. The highest BCUT2D eigenvalue weighted by atomic mass is 79.9. The number of nitrogens with zero attached hydrogens (tertiary/aromatic N) is 2. The molecule has 0 aliphatic heterocycles. The van der Waals surface area contributed by atoms with Gasteiger partial charge in [-0.15, -0.1) is 28.3 Å². The number of aromatic nitrogens is 1. The van der Waals surface area contributed by atoms with Crippen LogP contribution in [0.25, 0.3) is 0 Å². The van der Waals surface area contributed by atoms with E-state index in [4.69, 9.17) is 0 Å². The molecule has 1 aromatic heterocycles. The fourth-order valence-electron chi connectivity index (χ4n) is 2.28. The molecule has 0 fully saturated rings. The Labute approximate surface area is 156 Å². The summed E-state index contributed by atoms with van der Waals surface area (Å²) in [6.45, 7) is 4.33. The molecule has 1 heterocycles. The van der Waals surface area contributed by atoms with Gasteiger partial charge in [0.1, 0.15) is 0 Å². The lowest BCUT2D eigenvalue weighted by atomic mass is 10.1. The van der Waals surface area contributed by atoms with Crippen molar-refractivity contribution in [1.82, 2.24) is 4.57 Å². The molecule has 2 aromatic carbocycles. The molecule has 0 spiro atoms. The lowest BCUT2D eigenvalue weighted by Gasteiger charge is -2.06. The molecule has 0 unspecified atom stereocenters. The number of thiazole rings is 1. The zero-order valence-corrected chi connectivity index (χ0v) is 16.1. The SMILES string of the molecule is Br.Cc1ccc(C(=O)Cn2c(C)csc2=Nc2ccccc2)cc1. The molecule has 0 N–H and O–H groups in total. The van der Waals surface area contributed by atoms with Crippen LogP contribution >= 0.6 is 28.3 Å². The Morgan fingerprint density at radius 2 is 1.71 bits per heavy atom. The molecule has 3 nitrogen and oxygen atoms in total. The summed E-state index contributed by atoms with van der Waals surface area (Å²) < 4.78 is 1.97. The van der Waals surface area contributed by atoms with E-state index in [0.717, 1.165) is 27.3 Å². The normalized spacial score (nSPS) is 11.2. The van der Waals surface area contributed by atoms with E-state index < -0.39 is 0 Å². The van der Waals surface area contributed by atoms with Crippen molar-refractivity contribution in [3.05, 3.63) is 81.6 Å².